The average Bonchev–Trinajstić information content (AvgIpc) is 2.87. The Hall–Kier alpha value is -0.870. The van der Waals surface area contributed by atoms with Gasteiger partial charge in [-0.3, -0.25) is 5.84 Å². The molecule has 2 rings (SSSR count). The molecular formula is C13H24N4. The van der Waals surface area contributed by atoms with Gasteiger partial charge in [-0.1, -0.05) is 20.3 Å². The fraction of sp³-hybridized carbons (Fsp3) is 0.769. The van der Waals surface area contributed by atoms with Crippen LogP contribution in [0.15, 0.2) is 12.4 Å². The van der Waals surface area contributed by atoms with Gasteiger partial charge in [0, 0.05) is 18.9 Å². The van der Waals surface area contributed by atoms with Crippen molar-refractivity contribution < 1.29 is 0 Å². The molecule has 1 saturated carbocycles. The summed E-state index contributed by atoms with van der Waals surface area (Å²) >= 11 is 0. The second-order valence-corrected chi connectivity index (χ2v) is 5.70. The maximum absolute atomic E-state index is 5.79. The van der Waals surface area contributed by atoms with Crippen molar-refractivity contribution >= 4 is 0 Å². The second-order valence-electron chi connectivity index (χ2n) is 5.70. The molecule has 2 atom stereocenters. The first-order chi connectivity index (χ1) is 8.10. The van der Waals surface area contributed by atoms with E-state index >= 15 is 0 Å². The summed E-state index contributed by atoms with van der Waals surface area (Å²) in [5, 5.41) is 0. The molecule has 1 aromatic heterocycles. The third kappa shape index (κ3) is 2.24. The molecular weight excluding hydrogens is 212 g/mol. The molecule has 1 aliphatic carbocycles. The van der Waals surface area contributed by atoms with Gasteiger partial charge in [-0.15, -0.1) is 0 Å². The molecule has 0 saturated heterocycles. The SMILES string of the molecule is CCn1ccnc1C(NN)C1CCCC1(C)C. The Labute approximate surface area is 104 Å². The summed E-state index contributed by atoms with van der Waals surface area (Å²) in [6.07, 6.45) is 7.70. The lowest BCUT2D eigenvalue weighted by atomic mass is 9.77. The Kier molecular flexibility index (Phi) is 3.54. The maximum Gasteiger partial charge on any atom is 0.127 e. The summed E-state index contributed by atoms with van der Waals surface area (Å²) in [6.45, 7) is 7.77. The van der Waals surface area contributed by atoms with Crippen LogP contribution < -0.4 is 11.3 Å². The Morgan fingerprint density at radius 3 is 2.94 bits per heavy atom. The molecule has 0 radical (unpaired) electrons. The summed E-state index contributed by atoms with van der Waals surface area (Å²) < 4.78 is 2.18. The largest absolute Gasteiger partial charge is 0.334 e. The van der Waals surface area contributed by atoms with Gasteiger partial charge >= 0.3 is 0 Å². The minimum Gasteiger partial charge on any atom is -0.334 e. The zero-order chi connectivity index (χ0) is 12.5. The van der Waals surface area contributed by atoms with Crippen LogP contribution in [0.3, 0.4) is 0 Å². The van der Waals surface area contributed by atoms with E-state index in [1.54, 1.807) is 0 Å². The molecule has 0 aromatic carbocycles. The van der Waals surface area contributed by atoms with Crippen LogP contribution >= 0.6 is 0 Å². The highest BCUT2D eigenvalue weighted by atomic mass is 15.3. The van der Waals surface area contributed by atoms with Crippen molar-refractivity contribution in [1.29, 1.82) is 0 Å². The van der Waals surface area contributed by atoms with E-state index in [1.165, 1.54) is 19.3 Å². The molecule has 3 N–H and O–H groups in total. The van der Waals surface area contributed by atoms with Crippen LogP contribution in [0.2, 0.25) is 0 Å². The summed E-state index contributed by atoms with van der Waals surface area (Å²) in [7, 11) is 0. The number of hydrogen-bond acceptors (Lipinski definition) is 3. The predicted molar refractivity (Wildman–Crippen MR) is 69.1 cm³/mol. The fourth-order valence-corrected chi connectivity index (χ4v) is 3.21. The van der Waals surface area contributed by atoms with Crippen molar-refractivity contribution in [1.82, 2.24) is 15.0 Å². The third-order valence-corrected chi connectivity index (χ3v) is 4.29. The molecule has 1 aromatic rings. The topological polar surface area (TPSA) is 55.9 Å². The van der Waals surface area contributed by atoms with Gasteiger partial charge in [0.15, 0.2) is 0 Å². The molecule has 0 amide bonds. The Bertz CT molecular complexity index is 369. The molecule has 4 heteroatoms. The van der Waals surface area contributed by atoms with Crippen LogP contribution in [0.1, 0.15) is 51.9 Å². The molecule has 0 aliphatic heterocycles. The molecule has 96 valence electrons. The van der Waals surface area contributed by atoms with Crippen LogP contribution in [0.4, 0.5) is 0 Å². The number of nitrogens with zero attached hydrogens (tertiary/aromatic N) is 2. The lowest BCUT2D eigenvalue weighted by Crippen LogP contribution is -2.39. The van der Waals surface area contributed by atoms with Gasteiger partial charge < -0.3 is 4.57 Å². The average molecular weight is 236 g/mol. The number of hydrogen-bond donors (Lipinski definition) is 2. The van der Waals surface area contributed by atoms with Crippen molar-refractivity contribution in [2.24, 2.45) is 17.2 Å². The quantitative estimate of drug-likeness (QED) is 0.622. The summed E-state index contributed by atoms with van der Waals surface area (Å²) in [6, 6.07) is 0.169. The van der Waals surface area contributed by atoms with E-state index in [4.69, 9.17) is 5.84 Å². The zero-order valence-electron chi connectivity index (χ0n) is 11.1. The molecule has 0 spiro atoms. The van der Waals surface area contributed by atoms with E-state index in [-0.39, 0.29) is 6.04 Å². The number of hydrazine groups is 1. The standard InChI is InChI=1S/C13H24N4/c1-4-17-9-8-15-12(17)11(16-14)10-6-5-7-13(10,2)3/h8-11,16H,4-7,14H2,1-3H3. The number of nitrogens with two attached hydrogens (primary N) is 1. The minimum atomic E-state index is 0.169. The second kappa shape index (κ2) is 4.78. The number of rotatable bonds is 4. The Balaban J connectivity index is 2.28. The first-order valence-corrected chi connectivity index (χ1v) is 6.57. The van der Waals surface area contributed by atoms with Crippen LogP contribution in [0, 0.1) is 11.3 Å². The van der Waals surface area contributed by atoms with E-state index in [0.717, 1.165) is 12.4 Å². The van der Waals surface area contributed by atoms with Gasteiger partial charge in [-0.2, -0.15) is 0 Å². The third-order valence-electron chi connectivity index (χ3n) is 4.29. The van der Waals surface area contributed by atoms with E-state index in [2.05, 4.69) is 35.7 Å². The van der Waals surface area contributed by atoms with Gasteiger partial charge in [-0.25, -0.2) is 10.4 Å². The lowest BCUT2D eigenvalue weighted by molar-refractivity contribution is 0.190. The first-order valence-electron chi connectivity index (χ1n) is 6.57. The van der Waals surface area contributed by atoms with Gasteiger partial charge in [0.05, 0.1) is 6.04 Å². The van der Waals surface area contributed by atoms with E-state index in [0.29, 0.717) is 11.3 Å². The van der Waals surface area contributed by atoms with Gasteiger partial charge in [-0.05, 0) is 31.1 Å². The Morgan fingerprint density at radius 1 is 1.65 bits per heavy atom. The number of aromatic nitrogens is 2. The predicted octanol–water partition coefficient (Wildman–Crippen LogP) is 2.23. The van der Waals surface area contributed by atoms with Gasteiger partial charge in [0.25, 0.3) is 0 Å². The Morgan fingerprint density at radius 2 is 2.41 bits per heavy atom. The van der Waals surface area contributed by atoms with Gasteiger partial charge in [0.2, 0.25) is 0 Å². The van der Waals surface area contributed by atoms with Crippen molar-refractivity contribution in [3.05, 3.63) is 18.2 Å². The molecule has 1 heterocycles. The maximum atomic E-state index is 5.79. The molecule has 1 aliphatic rings. The molecule has 0 bridgehead atoms. The van der Waals surface area contributed by atoms with Crippen LogP contribution in [0.5, 0.6) is 0 Å². The van der Waals surface area contributed by atoms with Crippen molar-refractivity contribution in [3.8, 4) is 0 Å². The molecule has 1 fully saturated rings. The number of aryl methyl sites for hydroxylation is 1. The van der Waals surface area contributed by atoms with Crippen LogP contribution in [-0.2, 0) is 6.54 Å². The minimum absolute atomic E-state index is 0.169. The lowest BCUT2D eigenvalue weighted by Gasteiger charge is -2.33. The highest BCUT2D eigenvalue weighted by Gasteiger charge is 2.41. The molecule has 2 unspecified atom stereocenters. The molecule has 17 heavy (non-hydrogen) atoms. The highest BCUT2D eigenvalue weighted by Crippen LogP contribution is 2.48. The summed E-state index contributed by atoms with van der Waals surface area (Å²) in [5.41, 5.74) is 3.34. The first kappa shape index (κ1) is 12.6. The van der Waals surface area contributed by atoms with Crippen LogP contribution in [0.25, 0.3) is 0 Å². The number of nitrogens with one attached hydrogen (secondary N) is 1. The monoisotopic (exact) mass is 236 g/mol. The summed E-state index contributed by atoms with van der Waals surface area (Å²) in [4.78, 5) is 4.49. The van der Waals surface area contributed by atoms with Crippen molar-refractivity contribution in [3.63, 3.8) is 0 Å². The highest BCUT2D eigenvalue weighted by molar-refractivity contribution is 5.05. The van der Waals surface area contributed by atoms with Gasteiger partial charge in [0.1, 0.15) is 5.82 Å². The van der Waals surface area contributed by atoms with E-state index < -0.39 is 0 Å². The normalized spacial score (nSPS) is 25.1. The fourth-order valence-electron chi connectivity index (χ4n) is 3.21. The number of imidazole rings is 1. The van der Waals surface area contributed by atoms with Crippen molar-refractivity contribution in [2.45, 2.75) is 52.6 Å². The van der Waals surface area contributed by atoms with Crippen LogP contribution in [-0.4, -0.2) is 9.55 Å². The molecule has 4 nitrogen and oxygen atoms in total. The zero-order valence-corrected chi connectivity index (χ0v) is 11.1. The summed E-state index contributed by atoms with van der Waals surface area (Å²) in [5.74, 6) is 7.43. The smallest absolute Gasteiger partial charge is 0.127 e. The van der Waals surface area contributed by atoms with E-state index in [1.807, 2.05) is 12.4 Å². The van der Waals surface area contributed by atoms with Crippen molar-refractivity contribution in [2.75, 3.05) is 0 Å². The van der Waals surface area contributed by atoms with E-state index in [9.17, 15) is 0 Å².